The zero-order valence-corrected chi connectivity index (χ0v) is 17.5. The predicted octanol–water partition coefficient (Wildman–Crippen LogP) is 4.38. The lowest BCUT2D eigenvalue weighted by atomic mass is 10.2. The molecule has 1 heterocycles. The van der Waals surface area contributed by atoms with Gasteiger partial charge in [-0.2, -0.15) is 0 Å². The minimum atomic E-state index is -1.91. The molecule has 1 aliphatic rings. The first-order valence-corrected chi connectivity index (χ1v) is 12.1. The molecule has 6 heteroatoms. The van der Waals surface area contributed by atoms with E-state index >= 15 is 0 Å². The summed E-state index contributed by atoms with van der Waals surface area (Å²) in [4.78, 5) is 25.6. The number of nitrogens with zero attached hydrogens (tertiary/aromatic N) is 1. The Morgan fingerprint density at radius 3 is 2.46 bits per heavy atom. The third-order valence-electron chi connectivity index (χ3n) is 5.56. The predicted molar refractivity (Wildman–Crippen MR) is 104 cm³/mol. The van der Waals surface area contributed by atoms with E-state index in [2.05, 4.69) is 33.9 Å². The minimum absolute atomic E-state index is 0.105. The van der Waals surface area contributed by atoms with Crippen LogP contribution in [0.3, 0.4) is 0 Å². The van der Waals surface area contributed by atoms with Crippen molar-refractivity contribution >= 4 is 20.7 Å². The maximum Gasteiger partial charge on any atom is 0.411 e. The highest BCUT2D eigenvalue weighted by Crippen LogP contribution is 2.37. The zero-order chi connectivity index (χ0) is 19.4. The summed E-state index contributed by atoms with van der Waals surface area (Å²) in [5.74, 6) is 0. The van der Waals surface area contributed by atoms with Crippen molar-refractivity contribution < 1.29 is 18.8 Å². The molecule has 1 aliphatic heterocycles. The maximum atomic E-state index is 12.6. The number of hydrogen-bond acceptors (Lipinski definition) is 4. The van der Waals surface area contributed by atoms with E-state index in [0.717, 1.165) is 18.3 Å². The van der Waals surface area contributed by atoms with Gasteiger partial charge in [0, 0.05) is 0 Å². The lowest BCUT2D eigenvalue weighted by Crippen LogP contribution is -2.48. The van der Waals surface area contributed by atoms with E-state index in [1.807, 2.05) is 30.3 Å². The second-order valence-corrected chi connectivity index (χ2v) is 13.3. The second kappa shape index (κ2) is 8.35. The Balaban J connectivity index is 2.00. The average Bonchev–Trinajstić information content (AvgIpc) is 3.01. The lowest BCUT2D eigenvalue weighted by molar-refractivity contribution is -0.111. The molecule has 0 N–H and O–H groups in total. The molecule has 0 radical (unpaired) electrons. The zero-order valence-electron chi connectivity index (χ0n) is 16.5. The summed E-state index contributed by atoms with van der Waals surface area (Å²) in [6, 6.07) is 9.02. The summed E-state index contributed by atoms with van der Waals surface area (Å²) in [5, 5.41) is 0.105. The van der Waals surface area contributed by atoms with Crippen LogP contribution in [0.25, 0.3) is 0 Å². The smallest absolute Gasteiger partial charge is 0.411 e. The number of aldehydes is 1. The summed E-state index contributed by atoms with van der Waals surface area (Å²) in [6.45, 7) is 11.6. The Kier molecular flexibility index (Phi) is 6.63. The van der Waals surface area contributed by atoms with E-state index < -0.39 is 20.5 Å². The van der Waals surface area contributed by atoms with Crippen LogP contribution in [-0.4, -0.2) is 44.3 Å². The molecule has 0 unspecified atom stereocenters. The Hall–Kier alpha value is -1.66. The number of ether oxygens (including phenoxy) is 1. The van der Waals surface area contributed by atoms with Crippen LogP contribution in [0.5, 0.6) is 0 Å². The lowest BCUT2D eigenvalue weighted by Gasteiger charge is -2.38. The highest BCUT2D eigenvalue weighted by atomic mass is 28.4. The van der Waals surface area contributed by atoms with E-state index in [4.69, 9.17) is 9.16 Å². The van der Waals surface area contributed by atoms with E-state index in [0.29, 0.717) is 13.0 Å². The van der Waals surface area contributed by atoms with Crippen molar-refractivity contribution in [3.05, 3.63) is 35.9 Å². The first kappa shape index (κ1) is 20.6. The average molecular weight is 378 g/mol. The van der Waals surface area contributed by atoms with E-state index in [1.54, 1.807) is 4.90 Å². The normalized spacial score (nSPS) is 20.9. The summed E-state index contributed by atoms with van der Waals surface area (Å²) < 4.78 is 11.7. The van der Waals surface area contributed by atoms with Gasteiger partial charge in [-0.3, -0.25) is 4.90 Å². The number of carbonyl (C=O) groups is 2. The molecule has 0 saturated carbocycles. The monoisotopic (exact) mass is 377 g/mol. The van der Waals surface area contributed by atoms with E-state index in [9.17, 15) is 9.59 Å². The molecule has 1 amide bonds. The molecule has 2 rings (SSSR count). The van der Waals surface area contributed by atoms with Crippen LogP contribution in [-0.2, 0) is 20.6 Å². The molecule has 0 bridgehead atoms. The molecule has 1 fully saturated rings. The number of rotatable bonds is 6. The highest BCUT2D eigenvalue weighted by molar-refractivity contribution is 6.74. The number of amides is 1. The van der Waals surface area contributed by atoms with Gasteiger partial charge in [-0.1, -0.05) is 51.1 Å². The van der Waals surface area contributed by atoms with Gasteiger partial charge in [0.15, 0.2) is 8.32 Å². The van der Waals surface area contributed by atoms with Crippen molar-refractivity contribution in [2.75, 3.05) is 6.61 Å². The SMILES string of the molecule is CC(C)(C)[Si](C)(C)OC[C@@H]1CC[C@H](C=O)N1C(=O)OCc1ccccc1. The third kappa shape index (κ3) is 4.95. The largest absolute Gasteiger partial charge is 0.445 e. The Labute approximate surface area is 157 Å². The molecule has 0 aliphatic carbocycles. The number of likely N-dealkylation sites (tertiary alicyclic amines) is 1. The number of benzene rings is 1. The number of hydrogen-bond donors (Lipinski definition) is 0. The third-order valence-corrected chi connectivity index (χ3v) is 10.1. The van der Waals surface area contributed by atoms with Crippen molar-refractivity contribution in [2.24, 2.45) is 0 Å². The minimum Gasteiger partial charge on any atom is -0.445 e. The topological polar surface area (TPSA) is 55.8 Å². The van der Waals surface area contributed by atoms with Crippen LogP contribution >= 0.6 is 0 Å². The van der Waals surface area contributed by atoms with Crippen LogP contribution in [0, 0.1) is 0 Å². The van der Waals surface area contributed by atoms with Crippen molar-refractivity contribution in [2.45, 2.75) is 70.4 Å². The van der Waals surface area contributed by atoms with Gasteiger partial charge in [0.25, 0.3) is 0 Å². The molecule has 1 aromatic rings. The summed E-state index contributed by atoms with van der Waals surface area (Å²) in [7, 11) is -1.91. The molecule has 5 nitrogen and oxygen atoms in total. The fourth-order valence-electron chi connectivity index (χ4n) is 2.81. The molecule has 144 valence electrons. The Bertz CT molecular complexity index is 612. The van der Waals surface area contributed by atoms with Crippen LogP contribution < -0.4 is 0 Å². The fraction of sp³-hybridized carbons (Fsp3) is 0.600. The van der Waals surface area contributed by atoms with E-state index in [-0.39, 0.29) is 17.7 Å². The van der Waals surface area contributed by atoms with Gasteiger partial charge in [-0.05, 0) is 36.5 Å². The van der Waals surface area contributed by atoms with Crippen molar-refractivity contribution in [3.63, 3.8) is 0 Å². The van der Waals surface area contributed by atoms with Gasteiger partial charge in [-0.15, -0.1) is 0 Å². The molecule has 1 saturated heterocycles. The van der Waals surface area contributed by atoms with Crippen molar-refractivity contribution in [1.82, 2.24) is 4.90 Å². The summed E-state index contributed by atoms with van der Waals surface area (Å²) in [5.41, 5.74) is 0.928. The highest BCUT2D eigenvalue weighted by Gasteiger charge is 2.42. The van der Waals surface area contributed by atoms with Crippen LogP contribution in [0.4, 0.5) is 4.79 Å². The summed E-state index contributed by atoms with van der Waals surface area (Å²) >= 11 is 0. The quantitative estimate of drug-likeness (QED) is 0.545. The maximum absolute atomic E-state index is 12.6. The van der Waals surface area contributed by atoms with Gasteiger partial charge >= 0.3 is 6.09 Å². The van der Waals surface area contributed by atoms with Gasteiger partial charge in [-0.25, -0.2) is 4.79 Å². The van der Waals surface area contributed by atoms with Gasteiger partial charge in [0.2, 0.25) is 0 Å². The standard InChI is InChI=1S/C20H31NO4Si/c1-20(2,3)26(4,5)25-15-18-12-11-17(13-22)21(18)19(23)24-14-16-9-7-6-8-10-16/h6-10,13,17-18H,11-12,14-15H2,1-5H3/t17-,18+/m1/s1. The van der Waals surface area contributed by atoms with E-state index in [1.165, 1.54) is 0 Å². The first-order valence-electron chi connectivity index (χ1n) is 9.24. The molecule has 26 heavy (non-hydrogen) atoms. The molecular weight excluding hydrogens is 346 g/mol. The number of carbonyl (C=O) groups excluding carboxylic acids is 2. The summed E-state index contributed by atoms with van der Waals surface area (Å²) in [6.07, 6.45) is 1.83. The molecular formula is C20H31NO4Si. The van der Waals surface area contributed by atoms with Crippen molar-refractivity contribution in [3.8, 4) is 0 Å². The van der Waals surface area contributed by atoms with Crippen LogP contribution in [0.2, 0.25) is 18.1 Å². The molecule has 2 atom stereocenters. The van der Waals surface area contributed by atoms with Crippen LogP contribution in [0.1, 0.15) is 39.2 Å². The Morgan fingerprint density at radius 2 is 1.88 bits per heavy atom. The fourth-order valence-corrected chi connectivity index (χ4v) is 3.85. The second-order valence-electron chi connectivity index (χ2n) is 8.45. The molecule has 1 aromatic carbocycles. The van der Waals surface area contributed by atoms with Crippen molar-refractivity contribution in [1.29, 1.82) is 0 Å². The first-order chi connectivity index (χ1) is 12.2. The van der Waals surface area contributed by atoms with Gasteiger partial charge in [0.05, 0.1) is 18.7 Å². The molecule has 0 aromatic heterocycles. The van der Waals surface area contributed by atoms with Crippen LogP contribution in [0.15, 0.2) is 30.3 Å². The Morgan fingerprint density at radius 1 is 1.23 bits per heavy atom. The van der Waals surface area contributed by atoms with Gasteiger partial charge < -0.3 is 14.0 Å². The molecule has 0 spiro atoms. The van der Waals surface area contributed by atoms with Gasteiger partial charge in [0.1, 0.15) is 12.9 Å².